The minimum atomic E-state index is -0.469. The molecule has 1 saturated heterocycles. The first-order chi connectivity index (χ1) is 27.7. The van der Waals surface area contributed by atoms with E-state index in [0.29, 0.717) is 65.0 Å². The van der Waals surface area contributed by atoms with Crippen molar-refractivity contribution in [3.63, 3.8) is 0 Å². The monoisotopic (exact) mass is 809 g/mol. The van der Waals surface area contributed by atoms with Crippen LogP contribution in [0, 0.1) is 0 Å². The molecule has 0 saturated carbocycles. The summed E-state index contributed by atoms with van der Waals surface area (Å²) in [5, 5.41) is 0. The van der Waals surface area contributed by atoms with Crippen LogP contribution in [0.1, 0.15) is 213 Å². The highest BCUT2D eigenvalue weighted by atomic mass is 16.6. The Morgan fingerprint density at radius 3 is 1.68 bits per heavy atom. The van der Waals surface area contributed by atoms with Crippen molar-refractivity contribution in [2.75, 3.05) is 46.9 Å². The first-order valence-corrected chi connectivity index (χ1v) is 23.8. The van der Waals surface area contributed by atoms with Crippen molar-refractivity contribution in [2.45, 2.75) is 232 Å². The van der Waals surface area contributed by atoms with Crippen LogP contribution >= 0.6 is 0 Å². The number of likely N-dealkylation sites (tertiary alicyclic amines) is 1. The quantitative estimate of drug-likeness (QED) is 0.0338. The number of hydrogen-bond donors (Lipinski definition) is 0. The van der Waals surface area contributed by atoms with Gasteiger partial charge in [-0.3, -0.25) is 24.1 Å². The molecule has 0 bridgehead atoms. The van der Waals surface area contributed by atoms with Crippen molar-refractivity contribution in [2.24, 2.45) is 0 Å². The third-order valence-electron chi connectivity index (χ3n) is 11.1. The average Bonchev–Trinajstić information content (AvgIpc) is 3.59. The van der Waals surface area contributed by atoms with Crippen molar-refractivity contribution in [1.82, 2.24) is 9.80 Å². The van der Waals surface area contributed by atoms with Gasteiger partial charge in [0, 0.05) is 32.4 Å². The van der Waals surface area contributed by atoms with Gasteiger partial charge in [-0.1, -0.05) is 136 Å². The maximum atomic E-state index is 13.3. The van der Waals surface area contributed by atoms with Gasteiger partial charge in [-0.15, -0.1) is 0 Å². The van der Waals surface area contributed by atoms with Gasteiger partial charge in [0.15, 0.2) is 0 Å². The zero-order chi connectivity index (χ0) is 41.8. The summed E-state index contributed by atoms with van der Waals surface area (Å²) in [6.45, 7) is 9.21. The molecule has 1 aliphatic heterocycles. The van der Waals surface area contributed by atoms with Gasteiger partial charge in [0.05, 0.1) is 19.6 Å². The second-order valence-electron chi connectivity index (χ2n) is 16.9. The van der Waals surface area contributed by atoms with Crippen LogP contribution in [-0.2, 0) is 38.1 Å². The zero-order valence-electron chi connectivity index (χ0n) is 37.6. The number of nitrogens with zero attached hydrogens (tertiary/aromatic N) is 2. The lowest BCUT2D eigenvalue weighted by atomic mass is 10.0. The first-order valence-electron chi connectivity index (χ1n) is 23.8. The summed E-state index contributed by atoms with van der Waals surface area (Å²) in [6.07, 6.45) is 29.8. The molecule has 0 aromatic heterocycles. The van der Waals surface area contributed by atoms with Gasteiger partial charge in [-0.05, 0) is 72.0 Å². The molecular weight excluding hydrogens is 721 g/mol. The Bertz CT molecular complexity index is 1010. The zero-order valence-corrected chi connectivity index (χ0v) is 37.6. The molecule has 0 amide bonds. The van der Waals surface area contributed by atoms with E-state index in [-0.39, 0.29) is 36.1 Å². The lowest BCUT2D eigenvalue weighted by Crippen LogP contribution is -2.38. The smallest absolute Gasteiger partial charge is 0.323 e. The SMILES string of the molecule is CCCCCCCCCCCOC(=O)CCCCN1CC(OC(=O)CCN(C)C)C[C@H]1C(=O)OCCCCCCCC(=O)OC(CCCC)CCCCCCCC. The maximum Gasteiger partial charge on any atom is 0.323 e. The number of hydrogen-bond acceptors (Lipinski definition) is 10. The first kappa shape index (κ1) is 52.8. The summed E-state index contributed by atoms with van der Waals surface area (Å²) in [6, 6.07) is -0.469. The second kappa shape index (κ2) is 36.8. The Kier molecular flexibility index (Phi) is 34.1. The average molecular weight is 809 g/mol. The highest BCUT2D eigenvalue weighted by Crippen LogP contribution is 2.24. The molecule has 0 radical (unpaired) electrons. The number of esters is 4. The molecule has 0 aliphatic carbocycles. The van der Waals surface area contributed by atoms with Crippen LogP contribution in [0.25, 0.3) is 0 Å². The summed E-state index contributed by atoms with van der Waals surface area (Å²) < 4.78 is 22.9. The second-order valence-corrected chi connectivity index (χ2v) is 16.9. The number of rotatable bonds is 39. The van der Waals surface area contributed by atoms with Gasteiger partial charge in [0.2, 0.25) is 0 Å². The third-order valence-corrected chi connectivity index (χ3v) is 11.1. The predicted octanol–water partition coefficient (Wildman–Crippen LogP) is 10.9. The molecule has 1 fully saturated rings. The minimum absolute atomic E-state index is 0.0578. The Morgan fingerprint density at radius 1 is 0.561 bits per heavy atom. The van der Waals surface area contributed by atoms with Crippen LogP contribution in [0.5, 0.6) is 0 Å². The van der Waals surface area contributed by atoms with Crippen molar-refractivity contribution < 1.29 is 38.1 Å². The largest absolute Gasteiger partial charge is 0.466 e. The molecule has 0 aromatic carbocycles. The fourth-order valence-corrected chi connectivity index (χ4v) is 7.52. The van der Waals surface area contributed by atoms with E-state index in [4.69, 9.17) is 18.9 Å². The predicted molar refractivity (Wildman–Crippen MR) is 231 cm³/mol. The van der Waals surface area contributed by atoms with E-state index in [2.05, 4.69) is 25.7 Å². The molecule has 3 atom stereocenters. The topological polar surface area (TPSA) is 112 Å². The van der Waals surface area contributed by atoms with Crippen molar-refractivity contribution in [1.29, 1.82) is 0 Å². The lowest BCUT2D eigenvalue weighted by Gasteiger charge is -2.22. The molecule has 57 heavy (non-hydrogen) atoms. The fraction of sp³-hybridized carbons (Fsp3) is 0.915. The number of ether oxygens (including phenoxy) is 4. The normalized spacial score (nSPS) is 16.2. The van der Waals surface area contributed by atoms with E-state index < -0.39 is 6.04 Å². The van der Waals surface area contributed by atoms with Crippen LogP contribution in [0.4, 0.5) is 0 Å². The van der Waals surface area contributed by atoms with Crippen LogP contribution in [0.2, 0.25) is 0 Å². The molecule has 0 spiro atoms. The molecule has 0 N–H and O–H groups in total. The summed E-state index contributed by atoms with van der Waals surface area (Å²) in [7, 11) is 3.84. The molecule has 1 rings (SSSR count). The molecule has 334 valence electrons. The van der Waals surface area contributed by atoms with Crippen molar-refractivity contribution in [3.8, 4) is 0 Å². The van der Waals surface area contributed by atoms with E-state index in [1.165, 1.54) is 77.0 Å². The van der Waals surface area contributed by atoms with Gasteiger partial charge in [0.25, 0.3) is 0 Å². The Morgan fingerprint density at radius 2 is 1.07 bits per heavy atom. The summed E-state index contributed by atoms with van der Waals surface area (Å²) in [4.78, 5) is 54.7. The van der Waals surface area contributed by atoms with E-state index >= 15 is 0 Å². The summed E-state index contributed by atoms with van der Waals surface area (Å²) in [5.41, 5.74) is 0. The van der Waals surface area contributed by atoms with E-state index in [9.17, 15) is 19.2 Å². The van der Waals surface area contributed by atoms with Gasteiger partial charge in [-0.25, -0.2) is 0 Å². The minimum Gasteiger partial charge on any atom is -0.466 e. The molecule has 1 aliphatic rings. The Labute approximate surface area is 349 Å². The van der Waals surface area contributed by atoms with E-state index in [1.807, 2.05) is 19.0 Å². The fourth-order valence-electron chi connectivity index (χ4n) is 7.52. The van der Waals surface area contributed by atoms with Crippen LogP contribution in [0.15, 0.2) is 0 Å². The molecule has 10 nitrogen and oxygen atoms in total. The highest BCUT2D eigenvalue weighted by Gasteiger charge is 2.39. The molecule has 1 heterocycles. The number of unbranched alkanes of at least 4 members (excludes halogenated alkanes) is 19. The van der Waals surface area contributed by atoms with Gasteiger partial charge >= 0.3 is 23.9 Å². The molecular formula is C47H88N2O8. The van der Waals surface area contributed by atoms with Crippen LogP contribution < -0.4 is 0 Å². The van der Waals surface area contributed by atoms with Gasteiger partial charge in [-0.2, -0.15) is 0 Å². The standard InChI is InChI=1S/C47H88N2O8/c1-6-9-12-14-16-17-18-22-28-37-54-44(50)32-26-27-35-49-40-42(57-46(52)34-36-48(4)5)39-43(49)47(53)55-38-29-23-19-21-25-33-45(51)56-41(30-11-8-3)31-24-20-15-13-10-7-2/h41-43H,6-40H2,1-5H3/t41?,42?,43-/m0/s1. The van der Waals surface area contributed by atoms with E-state index in [0.717, 1.165) is 83.5 Å². The van der Waals surface area contributed by atoms with Gasteiger partial charge < -0.3 is 23.8 Å². The molecule has 2 unspecified atom stereocenters. The highest BCUT2D eigenvalue weighted by molar-refractivity contribution is 5.76. The molecule has 0 aromatic rings. The number of carbonyl (C=O) groups is 4. The Balaban J connectivity index is 2.36. The lowest BCUT2D eigenvalue weighted by molar-refractivity contribution is -0.151. The van der Waals surface area contributed by atoms with Gasteiger partial charge in [0.1, 0.15) is 18.2 Å². The summed E-state index contributed by atoms with van der Waals surface area (Å²) >= 11 is 0. The van der Waals surface area contributed by atoms with Crippen molar-refractivity contribution >= 4 is 23.9 Å². The maximum absolute atomic E-state index is 13.3. The van der Waals surface area contributed by atoms with Crippen LogP contribution in [0.3, 0.4) is 0 Å². The van der Waals surface area contributed by atoms with Crippen LogP contribution in [-0.4, -0.2) is 98.9 Å². The summed E-state index contributed by atoms with van der Waals surface area (Å²) in [5.74, 6) is -0.754. The Hall–Kier alpha value is -2.20. The third kappa shape index (κ3) is 30.5. The van der Waals surface area contributed by atoms with E-state index in [1.54, 1.807) is 0 Å². The number of carbonyl (C=O) groups excluding carboxylic acids is 4. The van der Waals surface area contributed by atoms with Crippen molar-refractivity contribution in [3.05, 3.63) is 0 Å². The molecule has 10 heteroatoms.